The van der Waals surface area contributed by atoms with E-state index in [1.54, 1.807) is 0 Å². The number of hydrogen-bond donors (Lipinski definition) is 1. The van der Waals surface area contributed by atoms with E-state index in [4.69, 9.17) is 5.73 Å². The predicted molar refractivity (Wildman–Crippen MR) is 71.0 cm³/mol. The Labute approximate surface area is 101 Å². The monoisotopic (exact) mass is 239 g/mol. The van der Waals surface area contributed by atoms with Crippen molar-refractivity contribution in [2.45, 2.75) is 44.4 Å². The summed E-state index contributed by atoms with van der Waals surface area (Å²) in [5, 5.41) is 0. The molecule has 1 rings (SSSR count). The van der Waals surface area contributed by atoms with Crippen LogP contribution in [0.2, 0.25) is 0 Å². The Morgan fingerprint density at radius 2 is 2.00 bits per heavy atom. The number of aryl methyl sites for hydroxylation is 1. The Morgan fingerprint density at radius 3 is 2.69 bits per heavy atom. The first-order valence-corrected chi connectivity index (χ1v) is 7.21. The van der Waals surface area contributed by atoms with Gasteiger partial charge in [0.1, 0.15) is 0 Å². The van der Waals surface area contributed by atoms with Crippen LogP contribution in [0.3, 0.4) is 0 Å². The Bertz CT molecular complexity index is 363. The van der Waals surface area contributed by atoms with E-state index in [-0.39, 0.29) is 0 Å². The lowest BCUT2D eigenvalue weighted by Crippen LogP contribution is -2.02. The first-order valence-electron chi connectivity index (χ1n) is 5.89. The van der Waals surface area contributed by atoms with Crippen molar-refractivity contribution in [1.29, 1.82) is 0 Å². The van der Waals surface area contributed by atoms with Crippen molar-refractivity contribution in [1.82, 2.24) is 0 Å². The summed E-state index contributed by atoms with van der Waals surface area (Å²) in [6.45, 7) is 4.17. The maximum absolute atomic E-state index is 12.0. The third-order valence-corrected chi connectivity index (χ3v) is 4.10. The molecule has 3 heteroatoms. The topological polar surface area (TPSA) is 43.1 Å². The van der Waals surface area contributed by atoms with E-state index in [2.05, 4.69) is 6.92 Å². The molecule has 0 saturated carbocycles. The van der Waals surface area contributed by atoms with Gasteiger partial charge in [-0.05, 0) is 31.0 Å². The Kier molecular flexibility index (Phi) is 5.53. The Hall–Kier alpha value is -0.830. The highest BCUT2D eigenvalue weighted by molar-refractivity contribution is 7.85. The van der Waals surface area contributed by atoms with E-state index in [0.29, 0.717) is 5.69 Å². The minimum atomic E-state index is -0.934. The lowest BCUT2D eigenvalue weighted by atomic mass is 10.2. The van der Waals surface area contributed by atoms with Gasteiger partial charge in [0.05, 0.1) is 15.7 Å². The fourth-order valence-electron chi connectivity index (χ4n) is 1.61. The number of nitrogen functional groups attached to an aromatic ring is 1. The molecule has 0 aliphatic heterocycles. The van der Waals surface area contributed by atoms with Crippen LogP contribution in [0.5, 0.6) is 0 Å². The SMILES string of the molecule is CCCCCCS(=O)c1cc(C)ccc1N. The highest BCUT2D eigenvalue weighted by Crippen LogP contribution is 2.19. The van der Waals surface area contributed by atoms with Crippen molar-refractivity contribution in [3.05, 3.63) is 23.8 Å². The zero-order valence-electron chi connectivity index (χ0n) is 10.2. The first-order chi connectivity index (χ1) is 7.65. The molecule has 2 N–H and O–H groups in total. The normalized spacial score (nSPS) is 12.6. The largest absolute Gasteiger partial charge is 0.398 e. The molecule has 1 aromatic rings. The quantitative estimate of drug-likeness (QED) is 0.611. The van der Waals surface area contributed by atoms with Crippen molar-refractivity contribution in [3.8, 4) is 0 Å². The van der Waals surface area contributed by atoms with Crippen LogP contribution in [0.15, 0.2) is 23.1 Å². The standard InChI is InChI=1S/C13H21NOS/c1-3-4-5-6-9-16(15)13-10-11(2)7-8-12(13)14/h7-8,10H,3-6,9,14H2,1-2H3. The van der Waals surface area contributed by atoms with Crippen LogP contribution >= 0.6 is 0 Å². The molecule has 0 aliphatic carbocycles. The molecule has 0 radical (unpaired) electrons. The van der Waals surface area contributed by atoms with Gasteiger partial charge in [-0.2, -0.15) is 0 Å². The van der Waals surface area contributed by atoms with E-state index in [9.17, 15) is 4.21 Å². The molecule has 1 unspecified atom stereocenters. The van der Waals surface area contributed by atoms with Crippen molar-refractivity contribution >= 4 is 16.5 Å². The van der Waals surface area contributed by atoms with E-state index >= 15 is 0 Å². The summed E-state index contributed by atoms with van der Waals surface area (Å²) in [4.78, 5) is 0.802. The number of unbranched alkanes of at least 4 members (excludes halogenated alkanes) is 3. The second kappa shape index (κ2) is 6.69. The summed E-state index contributed by atoms with van der Waals surface area (Å²) in [5.41, 5.74) is 7.60. The lowest BCUT2D eigenvalue weighted by molar-refractivity contribution is 0.668. The lowest BCUT2D eigenvalue weighted by Gasteiger charge is -2.06. The minimum Gasteiger partial charge on any atom is -0.398 e. The van der Waals surface area contributed by atoms with Crippen LogP contribution < -0.4 is 5.73 Å². The summed E-state index contributed by atoms with van der Waals surface area (Å²) in [6.07, 6.45) is 4.61. The molecule has 90 valence electrons. The van der Waals surface area contributed by atoms with Gasteiger partial charge in [-0.15, -0.1) is 0 Å². The van der Waals surface area contributed by atoms with E-state index < -0.39 is 10.8 Å². The maximum atomic E-state index is 12.0. The summed E-state index contributed by atoms with van der Waals surface area (Å²) in [7, 11) is -0.934. The van der Waals surface area contributed by atoms with Gasteiger partial charge >= 0.3 is 0 Å². The number of nitrogens with two attached hydrogens (primary N) is 1. The van der Waals surface area contributed by atoms with Crippen LogP contribution in [0.1, 0.15) is 38.2 Å². The molecule has 0 saturated heterocycles. The molecule has 2 nitrogen and oxygen atoms in total. The fraction of sp³-hybridized carbons (Fsp3) is 0.538. The molecule has 1 atom stereocenters. The van der Waals surface area contributed by atoms with Gasteiger partial charge in [-0.25, -0.2) is 0 Å². The predicted octanol–water partition coefficient (Wildman–Crippen LogP) is 3.27. The summed E-state index contributed by atoms with van der Waals surface area (Å²) >= 11 is 0. The smallest absolute Gasteiger partial charge is 0.0620 e. The highest BCUT2D eigenvalue weighted by atomic mass is 32.2. The average molecular weight is 239 g/mol. The third kappa shape index (κ3) is 3.97. The zero-order valence-corrected chi connectivity index (χ0v) is 11.0. The van der Waals surface area contributed by atoms with Gasteiger partial charge in [0.2, 0.25) is 0 Å². The van der Waals surface area contributed by atoms with E-state index in [1.807, 2.05) is 25.1 Å². The average Bonchev–Trinajstić information content (AvgIpc) is 2.27. The van der Waals surface area contributed by atoms with Crippen LogP contribution in [-0.2, 0) is 10.8 Å². The molecule has 0 amide bonds. The van der Waals surface area contributed by atoms with Crippen molar-refractivity contribution < 1.29 is 4.21 Å². The third-order valence-electron chi connectivity index (χ3n) is 2.60. The molecule has 0 heterocycles. The number of benzene rings is 1. The molecular weight excluding hydrogens is 218 g/mol. The summed E-state index contributed by atoms with van der Waals surface area (Å²) < 4.78 is 12.0. The van der Waals surface area contributed by atoms with Crippen LogP contribution in [-0.4, -0.2) is 9.96 Å². The van der Waals surface area contributed by atoms with Gasteiger partial charge in [0.25, 0.3) is 0 Å². The van der Waals surface area contributed by atoms with Crippen molar-refractivity contribution in [2.24, 2.45) is 0 Å². The van der Waals surface area contributed by atoms with Crippen LogP contribution in [0.25, 0.3) is 0 Å². The maximum Gasteiger partial charge on any atom is 0.0620 e. The second-order valence-corrected chi connectivity index (χ2v) is 5.69. The second-order valence-electron chi connectivity index (χ2n) is 4.15. The minimum absolute atomic E-state index is 0.652. The molecule has 0 bridgehead atoms. The van der Waals surface area contributed by atoms with Gasteiger partial charge in [-0.1, -0.05) is 32.3 Å². The highest BCUT2D eigenvalue weighted by Gasteiger charge is 2.07. The molecular formula is C13H21NOS. The summed E-state index contributed by atoms with van der Waals surface area (Å²) in [5.74, 6) is 0.730. The van der Waals surface area contributed by atoms with Crippen molar-refractivity contribution in [3.63, 3.8) is 0 Å². The van der Waals surface area contributed by atoms with Gasteiger partial charge < -0.3 is 5.73 Å². The number of anilines is 1. The molecule has 0 aliphatic rings. The van der Waals surface area contributed by atoms with Crippen LogP contribution in [0, 0.1) is 6.92 Å². The molecule has 0 aromatic heterocycles. The molecule has 16 heavy (non-hydrogen) atoms. The molecule has 1 aromatic carbocycles. The van der Waals surface area contributed by atoms with Gasteiger partial charge in [0, 0.05) is 11.4 Å². The number of hydrogen-bond acceptors (Lipinski definition) is 2. The molecule has 0 fully saturated rings. The first kappa shape index (κ1) is 13.2. The zero-order chi connectivity index (χ0) is 12.0. The van der Waals surface area contributed by atoms with Crippen LogP contribution in [0.4, 0.5) is 5.69 Å². The Morgan fingerprint density at radius 1 is 1.25 bits per heavy atom. The van der Waals surface area contributed by atoms with E-state index in [0.717, 1.165) is 29.1 Å². The van der Waals surface area contributed by atoms with Gasteiger partial charge in [-0.3, -0.25) is 4.21 Å². The number of rotatable bonds is 6. The fourth-order valence-corrected chi connectivity index (χ4v) is 2.94. The summed E-state index contributed by atoms with van der Waals surface area (Å²) in [6, 6.07) is 5.73. The van der Waals surface area contributed by atoms with E-state index in [1.165, 1.54) is 12.8 Å². The van der Waals surface area contributed by atoms with Gasteiger partial charge in [0.15, 0.2) is 0 Å². The Balaban J connectivity index is 2.55. The van der Waals surface area contributed by atoms with Crippen molar-refractivity contribution in [2.75, 3.05) is 11.5 Å². The molecule has 0 spiro atoms.